The molecule has 0 spiro atoms. The van der Waals surface area contributed by atoms with Gasteiger partial charge in [-0.1, -0.05) is 0 Å². The molecule has 0 aromatic carbocycles. The van der Waals surface area contributed by atoms with Crippen LogP contribution in [0.5, 0.6) is 0 Å². The van der Waals surface area contributed by atoms with E-state index in [1.54, 1.807) is 24.3 Å². The van der Waals surface area contributed by atoms with Crippen molar-refractivity contribution >= 4 is 68.2 Å². The van der Waals surface area contributed by atoms with Gasteiger partial charge < -0.3 is 49.6 Å². The minimum atomic E-state index is -1.21. The summed E-state index contributed by atoms with van der Waals surface area (Å²) in [5.41, 5.74) is 10.5. The second kappa shape index (κ2) is 16.7. The molecule has 0 saturated heterocycles. The Labute approximate surface area is 315 Å². The number of nitrogens with one attached hydrogen (secondary N) is 2. The van der Waals surface area contributed by atoms with Crippen LogP contribution in [0, 0.1) is 13.8 Å². The maximum absolute atomic E-state index is 11.5. The van der Waals surface area contributed by atoms with E-state index in [1.807, 2.05) is 27.7 Å². The third-order valence-electron chi connectivity index (χ3n) is 9.12. The van der Waals surface area contributed by atoms with Crippen LogP contribution in [0.15, 0.2) is 24.3 Å². The first-order valence-corrected chi connectivity index (χ1v) is 15.7. The molecule has 0 amide bonds. The molecule has 12 nitrogen and oxygen atoms in total. The van der Waals surface area contributed by atoms with Gasteiger partial charge in [0, 0.05) is 45.9 Å². The number of nitrogens with zero attached hydrogens (tertiary/aromatic N) is 2. The number of aromatic amines is 2. The Kier molecular flexibility index (Phi) is 13.4. The van der Waals surface area contributed by atoms with Crippen molar-refractivity contribution in [1.82, 2.24) is 19.9 Å². The van der Waals surface area contributed by atoms with E-state index in [-0.39, 0.29) is 92.2 Å². The first-order chi connectivity index (χ1) is 22.7. The predicted molar refractivity (Wildman–Crippen MR) is 171 cm³/mol. The van der Waals surface area contributed by atoms with Crippen LogP contribution in [0.4, 0.5) is 0 Å². The van der Waals surface area contributed by atoms with Gasteiger partial charge in [0.2, 0.25) is 0 Å². The van der Waals surface area contributed by atoms with Gasteiger partial charge in [-0.25, -0.2) is 9.97 Å². The number of fused-ring (bicyclic) bond motifs is 8. The van der Waals surface area contributed by atoms with E-state index in [1.165, 1.54) is 0 Å². The Bertz CT molecular complexity index is 1960. The van der Waals surface area contributed by atoms with Crippen molar-refractivity contribution in [3.8, 4) is 0 Å². The summed E-state index contributed by atoms with van der Waals surface area (Å²) in [5.74, 6) is -4.81. The zero-order valence-electron chi connectivity index (χ0n) is 27.8. The van der Waals surface area contributed by atoms with Crippen LogP contribution in [-0.2, 0) is 72.9 Å². The fraction of sp³-hybridized carbons (Fsp3) is 0.333. The number of carboxylic acid groups (broad SMARTS) is 4. The molecule has 8 bridgehead atoms. The number of aryl methyl sites for hydroxylation is 4. The molecule has 266 valence electrons. The molecular formula is C36H34N4O8Pd2. The molecule has 5 rings (SSSR count). The van der Waals surface area contributed by atoms with Gasteiger partial charge in [0.15, 0.2) is 0 Å². The summed E-state index contributed by atoms with van der Waals surface area (Å²) >= 11 is 0. The molecule has 0 saturated carbocycles. The van der Waals surface area contributed by atoms with Gasteiger partial charge in [-0.15, -0.1) is 0 Å². The van der Waals surface area contributed by atoms with Crippen molar-refractivity contribution in [3.63, 3.8) is 0 Å². The first kappa shape index (κ1) is 40.2. The number of hydrogen-bond donors (Lipinski definition) is 2. The maximum atomic E-state index is 11.5. The van der Waals surface area contributed by atoms with Crippen LogP contribution in [0.1, 0.15) is 97.4 Å². The summed E-state index contributed by atoms with van der Waals surface area (Å²) in [4.78, 5) is 62.4. The molecule has 0 atom stereocenters. The zero-order valence-corrected chi connectivity index (χ0v) is 30.9. The minimum absolute atomic E-state index is 0. The van der Waals surface area contributed by atoms with Gasteiger partial charge in [-0.3, -0.25) is 0 Å². The van der Waals surface area contributed by atoms with Crippen LogP contribution in [0.3, 0.4) is 0 Å². The normalized spacial score (nSPS) is 12.4. The molecule has 3 aromatic heterocycles. The van der Waals surface area contributed by atoms with Crippen molar-refractivity contribution in [2.24, 2.45) is 0 Å². The van der Waals surface area contributed by atoms with Gasteiger partial charge in [-0.05, 0) is 148 Å². The summed E-state index contributed by atoms with van der Waals surface area (Å²) in [6.45, 7) is 7.38. The van der Waals surface area contributed by atoms with Gasteiger partial charge in [0.1, 0.15) is 0 Å². The van der Waals surface area contributed by atoms with Crippen LogP contribution >= 0.6 is 0 Å². The zero-order chi connectivity index (χ0) is 34.9. The van der Waals surface area contributed by atoms with Crippen LogP contribution < -0.4 is 20.4 Å². The first-order valence-electron chi connectivity index (χ1n) is 15.7. The van der Waals surface area contributed by atoms with Crippen molar-refractivity contribution < 1.29 is 80.4 Å². The molecule has 14 heteroatoms. The largest absolute Gasteiger partial charge is 2.00 e. The standard InChI is InChI=1S/C36H38N4O8.2Pd/c1-17-21(5-9-33(41)42)29-14-26-19(3)23(7-11-35(45)46)31(39-26)16-28-20(4)24(8-12-36(47)48)32(40-28)15-27-18(2)22(6-10-34(43)44)30(38-27)13-25(17)37-29;;/h13-16,37,40H,5-12H2,1-4H3,(H,41,42)(H,43,44)(H,45,46)(H,47,48);;/q;2*+2/p-4. The SMILES string of the molecule is CC1=C(CCC(=O)[O-])c2cc3[nH]c(cc4nc(cc5[nH]c(cc1n2)c(CCC(=O)[O-])c5C)C(CCC(=O)[O-])=C4C)c(CCC(=O)[O-])c3C.[Pd+2].[Pd+2]. The minimum Gasteiger partial charge on any atom is -0.550 e. The number of H-pyrrole nitrogens is 2. The number of carboxylic acids is 4. The second-order valence-corrected chi connectivity index (χ2v) is 12.1. The van der Waals surface area contributed by atoms with Crippen LogP contribution in [-0.4, -0.2) is 43.8 Å². The molecule has 0 unspecified atom stereocenters. The Balaban J connectivity index is 0.00000338. The summed E-state index contributed by atoms with van der Waals surface area (Å²) in [6, 6.07) is 7.20. The third kappa shape index (κ3) is 8.74. The Morgan fingerprint density at radius 3 is 1.12 bits per heavy atom. The number of carbonyl (C=O) groups is 4. The van der Waals surface area contributed by atoms with E-state index in [2.05, 4.69) is 9.97 Å². The van der Waals surface area contributed by atoms with E-state index in [0.717, 1.165) is 33.4 Å². The second-order valence-electron chi connectivity index (χ2n) is 12.1. The Hall–Kier alpha value is -4.20. The summed E-state index contributed by atoms with van der Waals surface area (Å²) in [7, 11) is 0. The van der Waals surface area contributed by atoms with E-state index in [0.29, 0.717) is 56.0 Å². The predicted octanol–water partition coefficient (Wildman–Crippen LogP) is 1.21. The molecule has 0 aliphatic carbocycles. The Morgan fingerprint density at radius 1 is 0.500 bits per heavy atom. The molecule has 0 radical (unpaired) electrons. The molecule has 2 aliphatic rings. The van der Waals surface area contributed by atoms with Crippen molar-refractivity contribution in [2.45, 2.75) is 79.1 Å². The van der Waals surface area contributed by atoms with E-state index in [9.17, 15) is 39.6 Å². The quantitative estimate of drug-likeness (QED) is 0.248. The average Bonchev–Trinajstić information content (AvgIpc) is 3.66. The molecular weight excluding hydrogens is 829 g/mol. The van der Waals surface area contributed by atoms with Gasteiger partial charge in [0.05, 0.1) is 22.8 Å². The monoisotopic (exact) mass is 862 g/mol. The van der Waals surface area contributed by atoms with Crippen molar-refractivity contribution in [1.29, 1.82) is 0 Å². The number of allylic oxidation sites excluding steroid dienone is 4. The number of hydrogen-bond acceptors (Lipinski definition) is 10. The van der Waals surface area contributed by atoms with Crippen LogP contribution in [0.25, 0.3) is 44.4 Å². The number of carbonyl (C=O) groups excluding carboxylic acids is 4. The van der Waals surface area contributed by atoms with Crippen LogP contribution in [0.2, 0.25) is 0 Å². The average molecular weight is 864 g/mol. The number of rotatable bonds is 12. The van der Waals surface area contributed by atoms with E-state index >= 15 is 0 Å². The third-order valence-corrected chi connectivity index (χ3v) is 9.12. The van der Waals surface area contributed by atoms with Gasteiger partial charge in [-0.2, -0.15) is 0 Å². The summed E-state index contributed by atoms with van der Waals surface area (Å²) < 4.78 is 0. The fourth-order valence-electron chi connectivity index (χ4n) is 6.40. The smallest absolute Gasteiger partial charge is 0.550 e. The van der Waals surface area contributed by atoms with Gasteiger partial charge >= 0.3 is 40.8 Å². The molecule has 2 aliphatic heterocycles. The molecule has 0 fully saturated rings. The molecule has 2 N–H and O–H groups in total. The molecule has 50 heavy (non-hydrogen) atoms. The number of aromatic nitrogens is 4. The Morgan fingerprint density at radius 2 is 0.800 bits per heavy atom. The van der Waals surface area contributed by atoms with E-state index < -0.39 is 23.9 Å². The van der Waals surface area contributed by atoms with E-state index in [4.69, 9.17) is 9.97 Å². The fourth-order valence-corrected chi connectivity index (χ4v) is 6.40. The van der Waals surface area contributed by atoms with Gasteiger partial charge in [0.25, 0.3) is 0 Å². The maximum Gasteiger partial charge on any atom is 2.00 e. The van der Waals surface area contributed by atoms with Crippen molar-refractivity contribution in [2.75, 3.05) is 0 Å². The number of aliphatic carboxylic acids is 4. The molecule has 3 aromatic rings. The summed E-state index contributed by atoms with van der Waals surface area (Å²) in [6.07, 6.45) is -0.243. The topological polar surface area (TPSA) is 218 Å². The summed E-state index contributed by atoms with van der Waals surface area (Å²) in [5, 5.41) is 45.9. The van der Waals surface area contributed by atoms with Crippen molar-refractivity contribution in [3.05, 3.63) is 69.3 Å². The molecule has 5 heterocycles.